The van der Waals surface area contributed by atoms with E-state index in [-0.39, 0.29) is 17.2 Å². The Bertz CT molecular complexity index is 479. The summed E-state index contributed by atoms with van der Waals surface area (Å²) >= 11 is 1.59. The van der Waals surface area contributed by atoms with Gasteiger partial charge in [-0.3, -0.25) is 4.79 Å². The van der Waals surface area contributed by atoms with Crippen molar-refractivity contribution in [3.05, 3.63) is 23.8 Å². The lowest BCUT2D eigenvalue weighted by atomic mass is 10.1. The van der Waals surface area contributed by atoms with Gasteiger partial charge in [-0.05, 0) is 36.6 Å². The first-order valence-corrected chi connectivity index (χ1v) is 6.96. The van der Waals surface area contributed by atoms with Gasteiger partial charge in [0, 0.05) is 5.69 Å². The Morgan fingerprint density at radius 2 is 2.16 bits per heavy atom. The Balaban J connectivity index is 2.74. The van der Waals surface area contributed by atoms with Gasteiger partial charge in [0.05, 0.1) is 6.04 Å². The predicted octanol–water partition coefficient (Wildman–Crippen LogP) is 1.11. The zero-order valence-electron chi connectivity index (χ0n) is 10.4. The second kappa shape index (κ2) is 7.01. The van der Waals surface area contributed by atoms with E-state index in [2.05, 4.69) is 5.32 Å². The van der Waals surface area contributed by atoms with Gasteiger partial charge in [0.1, 0.15) is 11.3 Å². The van der Waals surface area contributed by atoms with Crippen molar-refractivity contribution in [1.29, 1.82) is 0 Å². The van der Waals surface area contributed by atoms with Gasteiger partial charge in [-0.15, -0.1) is 0 Å². The summed E-state index contributed by atoms with van der Waals surface area (Å²) < 4.78 is 0. The first kappa shape index (κ1) is 15.3. The number of carbonyl (C=O) groups is 2. The number of phenols is 1. The largest absolute Gasteiger partial charge is 0.507 e. The number of rotatable bonds is 6. The summed E-state index contributed by atoms with van der Waals surface area (Å²) in [6, 6.07) is 3.18. The Hall–Kier alpha value is -1.73. The normalized spacial score (nSPS) is 11.9. The number of benzene rings is 1. The number of nitrogens with one attached hydrogen (secondary N) is 1. The van der Waals surface area contributed by atoms with Crippen LogP contribution in [-0.2, 0) is 4.79 Å². The van der Waals surface area contributed by atoms with Crippen LogP contribution in [0.5, 0.6) is 5.75 Å². The molecule has 0 saturated carbocycles. The Morgan fingerprint density at radius 3 is 2.74 bits per heavy atom. The van der Waals surface area contributed by atoms with Crippen molar-refractivity contribution in [2.24, 2.45) is 5.73 Å². The van der Waals surface area contributed by atoms with Crippen LogP contribution in [0.25, 0.3) is 0 Å². The molecule has 0 aliphatic rings. The quantitative estimate of drug-likeness (QED) is 0.582. The third-order valence-corrected chi connectivity index (χ3v) is 3.11. The zero-order valence-corrected chi connectivity index (χ0v) is 11.2. The summed E-state index contributed by atoms with van der Waals surface area (Å²) in [5.74, 6) is -1.22. The van der Waals surface area contributed by atoms with Crippen LogP contribution in [0, 0.1) is 0 Å². The highest BCUT2D eigenvalue weighted by atomic mass is 32.2. The summed E-state index contributed by atoms with van der Waals surface area (Å²) in [6.07, 6.45) is 2.46. The first-order valence-electron chi connectivity index (χ1n) is 5.57. The van der Waals surface area contributed by atoms with E-state index in [0.29, 0.717) is 12.1 Å². The highest BCUT2D eigenvalue weighted by molar-refractivity contribution is 7.98. The third-order valence-electron chi connectivity index (χ3n) is 2.46. The van der Waals surface area contributed by atoms with Gasteiger partial charge < -0.3 is 21.3 Å². The molecule has 0 radical (unpaired) electrons. The minimum atomic E-state index is -1.26. The number of amides is 1. The standard InChI is InChI=1S/C12H16N2O4S/c1-19-5-4-9(13)11(16)14-7-2-3-10(15)8(6-7)12(17)18/h2-3,6,9,15H,4-5,13H2,1H3,(H,14,16)(H,17,18)/t9-/m0/s1. The predicted molar refractivity (Wildman–Crippen MR) is 74.7 cm³/mol. The van der Waals surface area contributed by atoms with Crippen molar-refractivity contribution in [3.63, 3.8) is 0 Å². The number of hydrogen-bond acceptors (Lipinski definition) is 5. The molecule has 1 atom stereocenters. The molecule has 0 spiro atoms. The highest BCUT2D eigenvalue weighted by Gasteiger charge is 2.15. The van der Waals surface area contributed by atoms with Crippen LogP contribution in [0.15, 0.2) is 18.2 Å². The number of thioether (sulfide) groups is 1. The van der Waals surface area contributed by atoms with Crippen LogP contribution in [-0.4, -0.2) is 40.1 Å². The third kappa shape index (κ3) is 4.46. The molecule has 0 aromatic heterocycles. The number of nitrogens with two attached hydrogens (primary N) is 1. The molecule has 0 unspecified atom stereocenters. The SMILES string of the molecule is CSCC[C@H](N)C(=O)Nc1ccc(O)c(C(=O)O)c1. The fourth-order valence-electron chi connectivity index (χ4n) is 1.40. The molecule has 1 amide bonds. The molecule has 5 N–H and O–H groups in total. The molecule has 1 aromatic carbocycles. The van der Waals surface area contributed by atoms with E-state index in [0.717, 1.165) is 5.75 Å². The van der Waals surface area contributed by atoms with Gasteiger partial charge in [-0.1, -0.05) is 0 Å². The number of anilines is 1. The number of aromatic hydroxyl groups is 1. The molecule has 1 rings (SSSR count). The fraction of sp³-hybridized carbons (Fsp3) is 0.333. The van der Waals surface area contributed by atoms with Gasteiger partial charge >= 0.3 is 5.97 Å². The molecular weight excluding hydrogens is 268 g/mol. The summed E-state index contributed by atoms with van der Waals surface area (Å²) in [5, 5.41) is 20.7. The molecule has 0 fully saturated rings. The van der Waals surface area contributed by atoms with E-state index in [9.17, 15) is 14.7 Å². The lowest BCUT2D eigenvalue weighted by molar-refractivity contribution is -0.117. The molecule has 0 heterocycles. The van der Waals surface area contributed by atoms with Gasteiger partial charge in [0.15, 0.2) is 0 Å². The maximum absolute atomic E-state index is 11.7. The molecule has 19 heavy (non-hydrogen) atoms. The second-order valence-corrected chi connectivity index (χ2v) is 4.90. The molecule has 104 valence electrons. The number of carboxylic acids is 1. The van der Waals surface area contributed by atoms with Crippen LogP contribution in [0.4, 0.5) is 5.69 Å². The van der Waals surface area contributed by atoms with Gasteiger partial charge in [-0.25, -0.2) is 4.79 Å². The van der Waals surface area contributed by atoms with Crippen LogP contribution in [0.1, 0.15) is 16.8 Å². The van der Waals surface area contributed by atoms with Crippen LogP contribution in [0.2, 0.25) is 0 Å². The van der Waals surface area contributed by atoms with Gasteiger partial charge in [0.25, 0.3) is 0 Å². The summed E-state index contributed by atoms with van der Waals surface area (Å²) in [4.78, 5) is 22.6. The van der Waals surface area contributed by atoms with Crippen molar-refractivity contribution in [2.75, 3.05) is 17.3 Å². The molecule has 0 aliphatic heterocycles. The Morgan fingerprint density at radius 1 is 1.47 bits per heavy atom. The molecule has 7 heteroatoms. The average molecular weight is 284 g/mol. The Labute approximate surface area is 115 Å². The maximum Gasteiger partial charge on any atom is 0.339 e. The summed E-state index contributed by atoms with van der Waals surface area (Å²) in [7, 11) is 0. The monoisotopic (exact) mass is 284 g/mol. The van der Waals surface area contributed by atoms with Crippen molar-refractivity contribution in [3.8, 4) is 5.75 Å². The number of aromatic carboxylic acids is 1. The van der Waals surface area contributed by atoms with Crippen molar-refractivity contribution in [2.45, 2.75) is 12.5 Å². The topological polar surface area (TPSA) is 113 Å². The molecule has 1 aromatic rings. The smallest absolute Gasteiger partial charge is 0.339 e. The van der Waals surface area contributed by atoms with Crippen LogP contribution in [0.3, 0.4) is 0 Å². The lowest BCUT2D eigenvalue weighted by Gasteiger charge is -2.12. The van der Waals surface area contributed by atoms with Gasteiger partial charge in [-0.2, -0.15) is 11.8 Å². The van der Waals surface area contributed by atoms with Crippen molar-refractivity contribution in [1.82, 2.24) is 0 Å². The molecular formula is C12H16N2O4S. The average Bonchev–Trinajstić information content (AvgIpc) is 2.37. The number of carbonyl (C=O) groups excluding carboxylic acids is 1. The summed E-state index contributed by atoms with van der Waals surface area (Å²) in [5.41, 5.74) is 5.71. The first-order chi connectivity index (χ1) is 8.95. The molecule has 0 saturated heterocycles. The minimum Gasteiger partial charge on any atom is -0.507 e. The van der Waals surface area contributed by atoms with Crippen molar-refractivity contribution >= 4 is 29.3 Å². The van der Waals surface area contributed by atoms with Crippen LogP contribution < -0.4 is 11.1 Å². The highest BCUT2D eigenvalue weighted by Crippen LogP contribution is 2.21. The zero-order chi connectivity index (χ0) is 14.4. The Kier molecular flexibility index (Phi) is 5.65. The maximum atomic E-state index is 11.7. The second-order valence-electron chi connectivity index (χ2n) is 3.91. The van der Waals surface area contributed by atoms with Crippen LogP contribution >= 0.6 is 11.8 Å². The van der Waals surface area contributed by atoms with E-state index in [4.69, 9.17) is 10.8 Å². The summed E-state index contributed by atoms with van der Waals surface area (Å²) in [6.45, 7) is 0. The van der Waals surface area contributed by atoms with E-state index in [1.807, 2.05) is 6.26 Å². The lowest BCUT2D eigenvalue weighted by Crippen LogP contribution is -2.36. The van der Waals surface area contributed by atoms with Gasteiger partial charge in [0.2, 0.25) is 5.91 Å². The van der Waals surface area contributed by atoms with Crippen molar-refractivity contribution < 1.29 is 19.8 Å². The van der Waals surface area contributed by atoms with E-state index < -0.39 is 12.0 Å². The minimum absolute atomic E-state index is 0.268. The molecule has 0 aliphatic carbocycles. The van der Waals surface area contributed by atoms with E-state index in [1.54, 1.807) is 11.8 Å². The van der Waals surface area contributed by atoms with E-state index in [1.165, 1.54) is 18.2 Å². The number of hydrogen-bond donors (Lipinski definition) is 4. The van der Waals surface area contributed by atoms with E-state index >= 15 is 0 Å². The fourth-order valence-corrected chi connectivity index (χ4v) is 1.89. The number of carboxylic acid groups (broad SMARTS) is 1. The molecule has 6 nitrogen and oxygen atoms in total. The molecule has 0 bridgehead atoms.